The number of rotatable bonds is 9. The molecule has 0 saturated carbocycles. The molecule has 0 aliphatic heterocycles. The zero-order valence-electron chi connectivity index (χ0n) is 14.6. The van der Waals surface area contributed by atoms with Gasteiger partial charge in [-0.2, -0.15) is 0 Å². The standard InChI is InChI=1S/C20H25NO3/c1-4-21(5-2)15-19(20(22)16-11-7-6-8-12-16)24-18-14-10-9-13-17(18)23-3/h6-14,19H,4-5,15H2,1-3H3. The SMILES string of the molecule is CCN(CC)CC(Oc1ccccc1OC)C(=O)c1ccccc1. The number of para-hydroxylation sites is 2. The van der Waals surface area contributed by atoms with E-state index in [1.54, 1.807) is 7.11 Å². The number of ether oxygens (including phenoxy) is 2. The molecule has 1 unspecified atom stereocenters. The molecule has 2 aromatic carbocycles. The van der Waals surface area contributed by atoms with Crippen LogP contribution in [0.4, 0.5) is 0 Å². The second-order valence-electron chi connectivity index (χ2n) is 5.47. The minimum absolute atomic E-state index is 0.0200. The highest BCUT2D eigenvalue weighted by molar-refractivity contribution is 5.99. The van der Waals surface area contributed by atoms with Gasteiger partial charge in [-0.05, 0) is 25.2 Å². The van der Waals surface area contributed by atoms with Gasteiger partial charge in [0.2, 0.25) is 5.78 Å². The Morgan fingerprint density at radius 3 is 2.12 bits per heavy atom. The molecule has 0 saturated heterocycles. The van der Waals surface area contributed by atoms with Gasteiger partial charge in [0.25, 0.3) is 0 Å². The Morgan fingerprint density at radius 2 is 1.54 bits per heavy atom. The van der Waals surface area contributed by atoms with Gasteiger partial charge in [0.15, 0.2) is 17.6 Å². The van der Waals surface area contributed by atoms with E-state index >= 15 is 0 Å². The summed E-state index contributed by atoms with van der Waals surface area (Å²) >= 11 is 0. The van der Waals surface area contributed by atoms with Crippen molar-refractivity contribution in [3.8, 4) is 11.5 Å². The minimum Gasteiger partial charge on any atom is -0.493 e. The molecule has 4 nitrogen and oxygen atoms in total. The quantitative estimate of drug-likeness (QED) is 0.659. The summed E-state index contributed by atoms with van der Waals surface area (Å²) in [5, 5.41) is 0. The summed E-state index contributed by atoms with van der Waals surface area (Å²) in [6, 6.07) is 16.7. The fraction of sp³-hybridized carbons (Fsp3) is 0.350. The molecule has 2 aromatic rings. The fourth-order valence-electron chi connectivity index (χ4n) is 2.55. The smallest absolute Gasteiger partial charge is 0.204 e. The van der Waals surface area contributed by atoms with Crippen LogP contribution in [0.25, 0.3) is 0 Å². The summed E-state index contributed by atoms with van der Waals surface area (Å²) in [7, 11) is 1.60. The van der Waals surface area contributed by atoms with Crippen LogP contribution >= 0.6 is 0 Å². The summed E-state index contributed by atoms with van der Waals surface area (Å²) in [4.78, 5) is 15.1. The van der Waals surface area contributed by atoms with Crippen LogP contribution in [0.1, 0.15) is 24.2 Å². The number of carbonyl (C=O) groups excluding carboxylic acids is 1. The maximum absolute atomic E-state index is 12.9. The molecule has 0 radical (unpaired) electrons. The molecular weight excluding hydrogens is 302 g/mol. The Morgan fingerprint density at radius 1 is 0.958 bits per heavy atom. The number of carbonyl (C=O) groups is 1. The van der Waals surface area contributed by atoms with Crippen LogP contribution < -0.4 is 9.47 Å². The normalized spacial score (nSPS) is 12.0. The van der Waals surface area contributed by atoms with Crippen molar-refractivity contribution >= 4 is 5.78 Å². The van der Waals surface area contributed by atoms with Gasteiger partial charge in [0.05, 0.1) is 7.11 Å². The summed E-state index contributed by atoms with van der Waals surface area (Å²) in [6.45, 7) is 6.43. The topological polar surface area (TPSA) is 38.8 Å². The minimum atomic E-state index is -0.580. The maximum atomic E-state index is 12.9. The van der Waals surface area contributed by atoms with E-state index in [1.807, 2.05) is 54.6 Å². The van der Waals surface area contributed by atoms with E-state index in [0.29, 0.717) is 23.6 Å². The molecule has 128 valence electrons. The highest BCUT2D eigenvalue weighted by Crippen LogP contribution is 2.27. The van der Waals surface area contributed by atoms with Gasteiger partial charge in [0.1, 0.15) is 0 Å². The number of benzene rings is 2. The third kappa shape index (κ3) is 4.59. The van der Waals surface area contributed by atoms with E-state index in [2.05, 4.69) is 18.7 Å². The molecule has 0 aromatic heterocycles. The van der Waals surface area contributed by atoms with Gasteiger partial charge in [-0.15, -0.1) is 0 Å². The molecule has 0 aliphatic carbocycles. The molecule has 4 heteroatoms. The summed E-state index contributed by atoms with van der Waals surface area (Å²) in [6.07, 6.45) is -0.580. The number of hydrogen-bond donors (Lipinski definition) is 0. The van der Waals surface area contributed by atoms with E-state index in [1.165, 1.54) is 0 Å². The van der Waals surface area contributed by atoms with Crippen molar-refractivity contribution in [2.75, 3.05) is 26.7 Å². The second-order valence-corrected chi connectivity index (χ2v) is 5.47. The number of hydrogen-bond acceptors (Lipinski definition) is 4. The first kappa shape index (κ1) is 18.0. The molecule has 0 N–H and O–H groups in total. The van der Waals surface area contributed by atoms with E-state index in [-0.39, 0.29) is 5.78 Å². The monoisotopic (exact) mass is 327 g/mol. The number of likely N-dealkylation sites (N-methyl/N-ethyl adjacent to an activating group) is 1. The lowest BCUT2D eigenvalue weighted by molar-refractivity contribution is 0.0708. The molecule has 1 atom stereocenters. The lowest BCUT2D eigenvalue weighted by Crippen LogP contribution is -2.40. The van der Waals surface area contributed by atoms with Crippen LogP contribution in [-0.2, 0) is 0 Å². The molecule has 0 heterocycles. The van der Waals surface area contributed by atoms with Gasteiger partial charge < -0.3 is 9.47 Å². The van der Waals surface area contributed by atoms with Crippen molar-refractivity contribution in [3.63, 3.8) is 0 Å². The summed E-state index contributed by atoms with van der Waals surface area (Å²) in [5.74, 6) is 1.19. The van der Waals surface area contributed by atoms with Crippen molar-refractivity contribution < 1.29 is 14.3 Å². The van der Waals surface area contributed by atoms with Crippen LogP contribution in [0.2, 0.25) is 0 Å². The van der Waals surface area contributed by atoms with E-state index in [4.69, 9.17) is 9.47 Å². The predicted octanol–water partition coefficient (Wildman–Crippen LogP) is 3.67. The van der Waals surface area contributed by atoms with Crippen molar-refractivity contribution in [2.45, 2.75) is 20.0 Å². The van der Waals surface area contributed by atoms with E-state index in [0.717, 1.165) is 13.1 Å². The fourth-order valence-corrected chi connectivity index (χ4v) is 2.55. The lowest BCUT2D eigenvalue weighted by atomic mass is 10.1. The molecule has 0 fully saturated rings. The van der Waals surface area contributed by atoms with Crippen molar-refractivity contribution in [1.29, 1.82) is 0 Å². The Balaban J connectivity index is 2.27. The highest BCUT2D eigenvalue weighted by atomic mass is 16.5. The highest BCUT2D eigenvalue weighted by Gasteiger charge is 2.25. The van der Waals surface area contributed by atoms with Gasteiger partial charge >= 0.3 is 0 Å². The van der Waals surface area contributed by atoms with E-state index < -0.39 is 6.10 Å². The van der Waals surface area contributed by atoms with Crippen LogP contribution in [-0.4, -0.2) is 43.5 Å². The third-order valence-corrected chi connectivity index (χ3v) is 4.01. The van der Waals surface area contributed by atoms with Crippen molar-refractivity contribution in [1.82, 2.24) is 4.90 Å². The first-order valence-electron chi connectivity index (χ1n) is 8.30. The van der Waals surface area contributed by atoms with E-state index in [9.17, 15) is 4.79 Å². The number of Topliss-reactive ketones (excluding diaryl/α,β-unsaturated/α-hetero) is 1. The van der Waals surface area contributed by atoms with Crippen LogP contribution in [0.5, 0.6) is 11.5 Å². The van der Waals surface area contributed by atoms with Crippen molar-refractivity contribution in [3.05, 3.63) is 60.2 Å². The Bertz CT molecular complexity index is 638. The summed E-state index contributed by atoms with van der Waals surface area (Å²) in [5.41, 5.74) is 0.657. The molecule has 0 aliphatic rings. The van der Waals surface area contributed by atoms with Crippen LogP contribution in [0.15, 0.2) is 54.6 Å². The number of methoxy groups -OCH3 is 1. The Labute approximate surface area is 144 Å². The molecule has 0 spiro atoms. The zero-order valence-corrected chi connectivity index (χ0v) is 14.6. The van der Waals surface area contributed by atoms with Gasteiger partial charge in [0, 0.05) is 12.1 Å². The van der Waals surface area contributed by atoms with Gasteiger partial charge in [-0.1, -0.05) is 56.3 Å². The third-order valence-electron chi connectivity index (χ3n) is 4.01. The number of nitrogens with zero attached hydrogens (tertiary/aromatic N) is 1. The molecule has 0 amide bonds. The van der Waals surface area contributed by atoms with Gasteiger partial charge in [-0.3, -0.25) is 9.69 Å². The Hall–Kier alpha value is -2.33. The average Bonchev–Trinajstić information content (AvgIpc) is 2.65. The lowest BCUT2D eigenvalue weighted by Gasteiger charge is -2.26. The average molecular weight is 327 g/mol. The first-order valence-corrected chi connectivity index (χ1v) is 8.30. The predicted molar refractivity (Wildman–Crippen MR) is 96.0 cm³/mol. The zero-order chi connectivity index (χ0) is 17.4. The largest absolute Gasteiger partial charge is 0.493 e. The summed E-state index contributed by atoms with van der Waals surface area (Å²) < 4.78 is 11.4. The molecule has 2 rings (SSSR count). The van der Waals surface area contributed by atoms with Crippen LogP contribution in [0.3, 0.4) is 0 Å². The van der Waals surface area contributed by atoms with Crippen LogP contribution in [0, 0.1) is 0 Å². The second kappa shape index (κ2) is 9.08. The van der Waals surface area contributed by atoms with Gasteiger partial charge in [-0.25, -0.2) is 0 Å². The molecular formula is C20H25NO3. The number of ketones is 1. The Kier molecular flexibility index (Phi) is 6.82. The van der Waals surface area contributed by atoms with Crippen molar-refractivity contribution in [2.24, 2.45) is 0 Å². The first-order chi connectivity index (χ1) is 11.7. The maximum Gasteiger partial charge on any atom is 0.204 e. The molecule has 0 bridgehead atoms. The molecule has 24 heavy (non-hydrogen) atoms.